The number of aromatic nitrogens is 2. The van der Waals surface area contributed by atoms with Crippen LogP contribution in [-0.2, 0) is 10.3 Å². The summed E-state index contributed by atoms with van der Waals surface area (Å²) in [6, 6.07) is 0. The highest BCUT2D eigenvalue weighted by Gasteiger charge is 2.38. The number of carboxylic acids is 1. The molecule has 1 saturated carbocycles. The number of carboxylic acid groups (broad SMARTS) is 1. The van der Waals surface area contributed by atoms with Crippen molar-refractivity contribution in [3.8, 4) is 0 Å². The topological polar surface area (TPSA) is 55.1 Å². The largest absolute Gasteiger partial charge is 0.481 e. The molecule has 1 heterocycles. The van der Waals surface area contributed by atoms with E-state index in [0.29, 0.717) is 0 Å². The molecule has 0 atom stereocenters. The Balaban J connectivity index is 2.29. The Labute approximate surface area is 96.4 Å². The molecule has 0 unspecified atom stereocenters. The highest BCUT2D eigenvalue weighted by atomic mass is 79.9. The Morgan fingerprint density at radius 2 is 2.27 bits per heavy atom. The monoisotopic (exact) mass is 272 g/mol. The summed E-state index contributed by atoms with van der Waals surface area (Å²) in [5, 5.41) is 13.2. The maximum Gasteiger partial charge on any atom is 0.305 e. The third-order valence-corrected chi connectivity index (χ3v) is 3.46. The van der Waals surface area contributed by atoms with Crippen LogP contribution >= 0.6 is 15.9 Å². The molecule has 0 aromatic carbocycles. The van der Waals surface area contributed by atoms with E-state index in [1.807, 2.05) is 10.9 Å². The molecule has 5 heteroatoms. The van der Waals surface area contributed by atoms with Gasteiger partial charge in [-0.3, -0.25) is 9.48 Å². The van der Waals surface area contributed by atoms with Gasteiger partial charge in [-0.05, 0) is 28.8 Å². The van der Waals surface area contributed by atoms with Crippen LogP contribution in [0.5, 0.6) is 0 Å². The van der Waals surface area contributed by atoms with Gasteiger partial charge in [-0.2, -0.15) is 5.10 Å². The number of hydrogen-bond acceptors (Lipinski definition) is 2. The average molecular weight is 273 g/mol. The molecule has 1 fully saturated rings. The third-order valence-electron chi connectivity index (χ3n) is 3.05. The van der Waals surface area contributed by atoms with Crippen LogP contribution in [0.3, 0.4) is 0 Å². The van der Waals surface area contributed by atoms with Crippen molar-refractivity contribution in [2.45, 2.75) is 37.6 Å². The van der Waals surface area contributed by atoms with E-state index in [0.717, 1.165) is 30.2 Å². The van der Waals surface area contributed by atoms with E-state index in [9.17, 15) is 4.79 Å². The summed E-state index contributed by atoms with van der Waals surface area (Å²) >= 11 is 3.34. The lowest BCUT2D eigenvalue weighted by atomic mass is 9.93. The zero-order chi connectivity index (χ0) is 10.9. The maximum atomic E-state index is 10.9. The first-order valence-corrected chi connectivity index (χ1v) is 5.84. The lowest BCUT2D eigenvalue weighted by Gasteiger charge is -2.27. The van der Waals surface area contributed by atoms with Gasteiger partial charge in [0.15, 0.2) is 0 Å². The molecule has 0 spiro atoms. The van der Waals surface area contributed by atoms with Crippen LogP contribution in [0.15, 0.2) is 16.9 Å². The quantitative estimate of drug-likeness (QED) is 0.919. The van der Waals surface area contributed by atoms with Crippen LogP contribution in [0.4, 0.5) is 0 Å². The van der Waals surface area contributed by atoms with Crippen molar-refractivity contribution in [1.82, 2.24) is 9.78 Å². The third kappa shape index (κ3) is 2.07. The fraction of sp³-hybridized carbons (Fsp3) is 0.600. The molecule has 0 amide bonds. The maximum absolute atomic E-state index is 10.9. The zero-order valence-electron chi connectivity index (χ0n) is 8.32. The lowest BCUT2D eigenvalue weighted by Crippen LogP contribution is -2.33. The first-order chi connectivity index (χ1) is 7.12. The molecule has 0 bridgehead atoms. The lowest BCUT2D eigenvalue weighted by molar-refractivity contribution is -0.139. The first kappa shape index (κ1) is 10.7. The summed E-state index contributed by atoms with van der Waals surface area (Å²) in [5.41, 5.74) is -0.294. The van der Waals surface area contributed by atoms with E-state index < -0.39 is 5.97 Å². The van der Waals surface area contributed by atoms with Gasteiger partial charge in [-0.15, -0.1) is 0 Å². The van der Waals surface area contributed by atoms with Gasteiger partial charge >= 0.3 is 5.97 Å². The van der Waals surface area contributed by atoms with E-state index in [-0.39, 0.29) is 12.0 Å². The highest BCUT2D eigenvalue weighted by molar-refractivity contribution is 9.10. The van der Waals surface area contributed by atoms with Gasteiger partial charge < -0.3 is 5.11 Å². The van der Waals surface area contributed by atoms with Crippen molar-refractivity contribution >= 4 is 21.9 Å². The van der Waals surface area contributed by atoms with E-state index in [2.05, 4.69) is 21.0 Å². The molecule has 1 aromatic heterocycles. The van der Waals surface area contributed by atoms with Gasteiger partial charge in [0.05, 0.1) is 22.6 Å². The zero-order valence-corrected chi connectivity index (χ0v) is 9.90. The summed E-state index contributed by atoms with van der Waals surface area (Å²) in [7, 11) is 0. The Bertz CT molecular complexity index is 369. The van der Waals surface area contributed by atoms with Gasteiger partial charge in [0, 0.05) is 6.20 Å². The van der Waals surface area contributed by atoms with E-state index in [1.165, 1.54) is 0 Å². The molecule has 82 valence electrons. The summed E-state index contributed by atoms with van der Waals surface area (Å²) in [4.78, 5) is 10.9. The Morgan fingerprint density at radius 1 is 1.60 bits per heavy atom. The predicted molar refractivity (Wildman–Crippen MR) is 58.6 cm³/mol. The molecule has 0 aliphatic heterocycles. The molecule has 15 heavy (non-hydrogen) atoms. The molecule has 1 aliphatic carbocycles. The Kier molecular flexibility index (Phi) is 2.82. The summed E-state index contributed by atoms with van der Waals surface area (Å²) < 4.78 is 2.72. The molecule has 1 aliphatic rings. The number of aliphatic carboxylic acids is 1. The van der Waals surface area contributed by atoms with Crippen molar-refractivity contribution in [2.75, 3.05) is 0 Å². The van der Waals surface area contributed by atoms with Gasteiger partial charge in [0.1, 0.15) is 0 Å². The van der Waals surface area contributed by atoms with Crippen LogP contribution in [0.25, 0.3) is 0 Å². The minimum atomic E-state index is -0.747. The van der Waals surface area contributed by atoms with E-state index in [4.69, 9.17) is 5.11 Å². The Hall–Kier alpha value is -0.840. The fourth-order valence-corrected chi connectivity index (χ4v) is 2.65. The highest BCUT2D eigenvalue weighted by Crippen LogP contribution is 2.39. The number of nitrogens with zero attached hydrogens (tertiary/aromatic N) is 2. The normalized spacial score (nSPS) is 19.3. The molecule has 1 aromatic rings. The van der Waals surface area contributed by atoms with Crippen LogP contribution < -0.4 is 0 Å². The predicted octanol–water partition coefficient (Wildman–Crippen LogP) is 2.39. The minimum absolute atomic E-state index is 0.168. The molecule has 0 radical (unpaired) electrons. The second-order valence-electron chi connectivity index (χ2n) is 4.11. The minimum Gasteiger partial charge on any atom is -0.481 e. The molecule has 4 nitrogen and oxygen atoms in total. The molecule has 2 rings (SSSR count). The second-order valence-corrected chi connectivity index (χ2v) is 5.02. The van der Waals surface area contributed by atoms with Crippen molar-refractivity contribution in [2.24, 2.45) is 0 Å². The summed E-state index contributed by atoms with van der Waals surface area (Å²) in [6.45, 7) is 0. The molecule has 1 N–H and O–H groups in total. The number of rotatable bonds is 3. The van der Waals surface area contributed by atoms with Crippen molar-refractivity contribution < 1.29 is 9.90 Å². The summed E-state index contributed by atoms with van der Waals surface area (Å²) in [6.07, 6.45) is 7.74. The second kappa shape index (κ2) is 3.96. The van der Waals surface area contributed by atoms with Crippen LogP contribution in [0, 0.1) is 0 Å². The number of hydrogen-bond donors (Lipinski definition) is 1. The van der Waals surface area contributed by atoms with Crippen LogP contribution in [0.1, 0.15) is 32.1 Å². The standard InChI is InChI=1S/C10H13BrN2O2/c11-8-6-12-13(7-8)10(5-9(14)15)3-1-2-4-10/h6-7H,1-5H2,(H,14,15). The fourth-order valence-electron chi connectivity index (χ4n) is 2.36. The van der Waals surface area contributed by atoms with Crippen molar-refractivity contribution in [1.29, 1.82) is 0 Å². The van der Waals surface area contributed by atoms with Crippen molar-refractivity contribution in [3.63, 3.8) is 0 Å². The van der Waals surface area contributed by atoms with Crippen molar-refractivity contribution in [3.05, 3.63) is 16.9 Å². The van der Waals surface area contributed by atoms with Crippen LogP contribution in [0.2, 0.25) is 0 Å². The van der Waals surface area contributed by atoms with Gasteiger partial charge in [0.2, 0.25) is 0 Å². The van der Waals surface area contributed by atoms with Gasteiger partial charge in [-0.1, -0.05) is 12.8 Å². The first-order valence-electron chi connectivity index (χ1n) is 5.05. The number of halogens is 1. The molecular weight excluding hydrogens is 260 g/mol. The van der Waals surface area contributed by atoms with E-state index in [1.54, 1.807) is 6.20 Å². The van der Waals surface area contributed by atoms with Gasteiger partial charge in [0.25, 0.3) is 0 Å². The Morgan fingerprint density at radius 3 is 2.73 bits per heavy atom. The smallest absolute Gasteiger partial charge is 0.305 e. The molecular formula is C10H13BrN2O2. The summed E-state index contributed by atoms with van der Waals surface area (Å²) in [5.74, 6) is -0.747. The number of carbonyl (C=O) groups is 1. The SMILES string of the molecule is O=C(O)CC1(n2cc(Br)cn2)CCCC1. The average Bonchev–Trinajstić information content (AvgIpc) is 2.73. The van der Waals surface area contributed by atoms with Crippen LogP contribution in [-0.4, -0.2) is 20.9 Å². The molecule has 0 saturated heterocycles. The van der Waals surface area contributed by atoms with E-state index >= 15 is 0 Å². The van der Waals surface area contributed by atoms with Gasteiger partial charge in [-0.25, -0.2) is 0 Å².